The van der Waals surface area contributed by atoms with E-state index in [0.29, 0.717) is 34.4 Å². The van der Waals surface area contributed by atoms with Crippen LogP contribution in [0.2, 0.25) is 5.02 Å². The van der Waals surface area contributed by atoms with E-state index in [2.05, 4.69) is 22.8 Å². The van der Waals surface area contributed by atoms with Gasteiger partial charge in [-0.2, -0.15) is 0 Å². The summed E-state index contributed by atoms with van der Waals surface area (Å²) in [5.41, 5.74) is 2.34. The molecule has 2 N–H and O–H groups in total. The van der Waals surface area contributed by atoms with Gasteiger partial charge in [0.25, 0.3) is 5.91 Å². The van der Waals surface area contributed by atoms with Gasteiger partial charge in [0.05, 0.1) is 18.7 Å². The molecule has 3 rings (SSSR count). The normalized spacial score (nSPS) is 10.2. The first-order chi connectivity index (χ1) is 14.5. The van der Waals surface area contributed by atoms with Crippen molar-refractivity contribution in [2.75, 3.05) is 19.0 Å². The van der Waals surface area contributed by atoms with Crippen molar-refractivity contribution < 1.29 is 14.3 Å². The molecular weight excluding hydrogens is 420 g/mol. The van der Waals surface area contributed by atoms with Crippen LogP contribution in [0.3, 0.4) is 0 Å². The number of methoxy groups -OCH3 is 1. The molecule has 0 aromatic heterocycles. The van der Waals surface area contributed by atoms with Gasteiger partial charge in [-0.3, -0.25) is 10.1 Å². The topological polar surface area (TPSA) is 59.6 Å². The summed E-state index contributed by atoms with van der Waals surface area (Å²) < 4.78 is 10.9. The standard InChI is InChI=1S/C23H21ClN2O3S/c1-28-21-12-9-18(15-20(21)24)25-23(30)26-22(27)17-7-10-19(11-8-17)29-14-13-16-5-3-2-4-6-16/h2-12,15H,13-14H2,1H3,(H2,25,26,27,30). The van der Waals surface area contributed by atoms with E-state index in [1.165, 1.54) is 5.56 Å². The number of ether oxygens (including phenoxy) is 2. The first-order valence-corrected chi connectivity index (χ1v) is 10.1. The van der Waals surface area contributed by atoms with Gasteiger partial charge in [-0.15, -0.1) is 0 Å². The summed E-state index contributed by atoms with van der Waals surface area (Å²) in [5.74, 6) is 0.947. The molecule has 1 amide bonds. The maximum Gasteiger partial charge on any atom is 0.257 e. The van der Waals surface area contributed by atoms with Gasteiger partial charge in [0, 0.05) is 17.7 Å². The summed E-state index contributed by atoms with van der Waals surface area (Å²) >= 11 is 11.3. The van der Waals surface area contributed by atoms with Crippen molar-refractivity contribution in [3.8, 4) is 11.5 Å². The predicted molar refractivity (Wildman–Crippen MR) is 124 cm³/mol. The zero-order valence-electron chi connectivity index (χ0n) is 16.4. The SMILES string of the molecule is COc1ccc(NC(=S)NC(=O)c2ccc(OCCc3ccccc3)cc2)cc1Cl. The first-order valence-electron chi connectivity index (χ1n) is 9.28. The molecule has 0 aliphatic heterocycles. The Morgan fingerprint density at radius 3 is 2.43 bits per heavy atom. The molecule has 0 aliphatic carbocycles. The second-order valence-corrected chi connectivity index (χ2v) is 7.18. The zero-order valence-corrected chi connectivity index (χ0v) is 17.9. The summed E-state index contributed by atoms with van der Waals surface area (Å²) in [6.45, 7) is 0.563. The van der Waals surface area contributed by atoms with Crippen LogP contribution in [0.25, 0.3) is 0 Å². The molecule has 7 heteroatoms. The summed E-state index contributed by atoms with van der Waals surface area (Å²) in [4.78, 5) is 12.4. The minimum Gasteiger partial charge on any atom is -0.495 e. The highest BCUT2D eigenvalue weighted by Crippen LogP contribution is 2.27. The number of thiocarbonyl (C=S) groups is 1. The molecule has 0 spiro atoms. The molecular formula is C23H21ClN2O3S. The minimum atomic E-state index is -0.317. The van der Waals surface area contributed by atoms with Crippen molar-refractivity contribution in [3.05, 3.63) is 88.9 Å². The van der Waals surface area contributed by atoms with Gasteiger partial charge >= 0.3 is 0 Å². The monoisotopic (exact) mass is 440 g/mol. The Balaban J connectivity index is 1.49. The highest BCUT2D eigenvalue weighted by atomic mass is 35.5. The Bertz CT molecular complexity index is 1010. The number of rotatable bonds is 7. The van der Waals surface area contributed by atoms with E-state index in [9.17, 15) is 4.79 Å². The quantitative estimate of drug-likeness (QED) is 0.501. The summed E-state index contributed by atoms with van der Waals surface area (Å²) in [5, 5.41) is 6.18. The first kappa shape index (κ1) is 21.6. The van der Waals surface area contributed by atoms with Crippen molar-refractivity contribution in [2.45, 2.75) is 6.42 Å². The van der Waals surface area contributed by atoms with E-state index in [1.54, 1.807) is 49.6 Å². The van der Waals surface area contributed by atoms with Gasteiger partial charge in [-0.05, 0) is 60.2 Å². The Morgan fingerprint density at radius 2 is 1.77 bits per heavy atom. The summed E-state index contributed by atoms with van der Waals surface area (Å²) in [6.07, 6.45) is 0.818. The molecule has 0 bridgehead atoms. The minimum absolute atomic E-state index is 0.171. The number of benzene rings is 3. The lowest BCUT2D eigenvalue weighted by Gasteiger charge is -2.11. The highest BCUT2D eigenvalue weighted by Gasteiger charge is 2.09. The average Bonchev–Trinajstić information content (AvgIpc) is 2.75. The number of amides is 1. The zero-order chi connectivity index (χ0) is 21.3. The number of hydrogen-bond acceptors (Lipinski definition) is 4. The van der Waals surface area contributed by atoms with E-state index in [-0.39, 0.29) is 11.0 Å². The predicted octanol–water partition coefficient (Wildman–Crippen LogP) is 5.10. The molecule has 3 aromatic rings. The van der Waals surface area contributed by atoms with Crippen molar-refractivity contribution >= 4 is 40.5 Å². The summed E-state index contributed by atoms with van der Waals surface area (Å²) in [7, 11) is 1.54. The van der Waals surface area contributed by atoms with Gasteiger partial charge in [-0.1, -0.05) is 41.9 Å². The number of carbonyl (C=O) groups excluding carboxylic acids is 1. The molecule has 30 heavy (non-hydrogen) atoms. The Hall–Kier alpha value is -3.09. The molecule has 0 heterocycles. The van der Waals surface area contributed by atoms with E-state index in [0.717, 1.165) is 6.42 Å². The molecule has 3 aromatic carbocycles. The van der Waals surface area contributed by atoms with Crippen LogP contribution in [0.5, 0.6) is 11.5 Å². The van der Waals surface area contributed by atoms with Crippen LogP contribution in [0.15, 0.2) is 72.8 Å². The Labute approximate surface area is 186 Å². The van der Waals surface area contributed by atoms with Gasteiger partial charge in [0.2, 0.25) is 0 Å². The lowest BCUT2D eigenvalue weighted by Crippen LogP contribution is -2.34. The number of halogens is 1. The maximum absolute atomic E-state index is 12.4. The van der Waals surface area contributed by atoms with Crippen molar-refractivity contribution in [2.24, 2.45) is 0 Å². The third-order valence-electron chi connectivity index (χ3n) is 4.26. The molecule has 0 saturated carbocycles. The van der Waals surface area contributed by atoms with Crippen LogP contribution in [-0.2, 0) is 6.42 Å². The van der Waals surface area contributed by atoms with Crippen molar-refractivity contribution in [1.29, 1.82) is 0 Å². The molecule has 5 nitrogen and oxygen atoms in total. The fourth-order valence-corrected chi connectivity index (χ4v) is 3.18. The van der Waals surface area contributed by atoms with E-state index in [4.69, 9.17) is 33.3 Å². The maximum atomic E-state index is 12.4. The number of nitrogens with one attached hydrogen (secondary N) is 2. The molecule has 0 atom stereocenters. The van der Waals surface area contributed by atoms with E-state index >= 15 is 0 Å². The fraction of sp³-hybridized carbons (Fsp3) is 0.130. The molecule has 0 saturated heterocycles. The number of anilines is 1. The van der Waals surface area contributed by atoms with Crippen molar-refractivity contribution in [3.63, 3.8) is 0 Å². The van der Waals surface area contributed by atoms with Crippen LogP contribution in [-0.4, -0.2) is 24.7 Å². The van der Waals surface area contributed by atoms with Gasteiger partial charge in [0.1, 0.15) is 11.5 Å². The molecule has 0 aliphatic rings. The van der Waals surface area contributed by atoms with Crippen LogP contribution in [0.4, 0.5) is 5.69 Å². The number of carbonyl (C=O) groups is 1. The average molecular weight is 441 g/mol. The van der Waals surface area contributed by atoms with E-state index in [1.807, 2.05) is 18.2 Å². The summed E-state index contributed by atoms with van der Waals surface area (Å²) in [6, 6.07) is 22.2. The van der Waals surface area contributed by atoms with Crippen LogP contribution in [0.1, 0.15) is 15.9 Å². The van der Waals surface area contributed by atoms with Gasteiger partial charge in [-0.25, -0.2) is 0 Å². The Kier molecular flexibility index (Phi) is 7.65. The smallest absolute Gasteiger partial charge is 0.257 e. The largest absolute Gasteiger partial charge is 0.495 e. The third-order valence-corrected chi connectivity index (χ3v) is 4.76. The third kappa shape index (κ3) is 6.20. The molecule has 154 valence electrons. The van der Waals surface area contributed by atoms with Gasteiger partial charge < -0.3 is 14.8 Å². The second kappa shape index (κ2) is 10.6. The molecule has 0 fully saturated rings. The van der Waals surface area contributed by atoms with Crippen LogP contribution >= 0.6 is 23.8 Å². The van der Waals surface area contributed by atoms with Crippen molar-refractivity contribution in [1.82, 2.24) is 5.32 Å². The molecule has 0 radical (unpaired) electrons. The Morgan fingerprint density at radius 1 is 1.03 bits per heavy atom. The highest BCUT2D eigenvalue weighted by molar-refractivity contribution is 7.80. The lowest BCUT2D eigenvalue weighted by molar-refractivity contribution is 0.0977. The fourth-order valence-electron chi connectivity index (χ4n) is 2.72. The van der Waals surface area contributed by atoms with Crippen LogP contribution in [0, 0.1) is 0 Å². The van der Waals surface area contributed by atoms with E-state index < -0.39 is 0 Å². The van der Waals surface area contributed by atoms with Crippen LogP contribution < -0.4 is 20.1 Å². The second-order valence-electron chi connectivity index (χ2n) is 6.37. The lowest BCUT2D eigenvalue weighted by atomic mass is 10.2. The molecule has 0 unspecified atom stereocenters. The van der Waals surface area contributed by atoms with Gasteiger partial charge in [0.15, 0.2) is 5.11 Å². The number of hydrogen-bond donors (Lipinski definition) is 2.